The van der Waals surface area contributed by atoms with Crippen molar-refractivity contribution in [1.82, 2.24) is 24.8 Å². The first kappa shape index (κ1) is 27.8. The van der Waals surface area contributed by atoms with Gasteiger partial charge in [0.05, 0.1) is 32.0 Å². The zero-order valence-electron chi connectivity index (χ0n) is 21.6. The van der Waals surface area contributed by atoms with Crippen LogP contribution in [-0.4, -0.2) is 92.4 Å². The van der Waals surface area contributed by atoms with Gasteiger partial charge in [0.15, 0.2) is 5.03 Å². The number of aromatic nitrogens is 1. The number of benzene rings is 1. The summed E-state index contributed by atoms with van der Waals surface area (Å²) in [5, 5.41) is 17.3. The van der Waals surface area contributed by atoms with Gasteiger partial charge in [-0.1, -0.05) is 30.3 Å². The standard InChI is InChI=1S/C26H35N5O6S/c1-30-17-25(28-18-30)38(34,35)31(15-21-9-6-12-37-21)16-23(32)22(13-19-7-4-3-5-8-19)29-26(33)20-10-11-27-24(14-20)36-2/h3-5,7-8,10-11,14,17,21-23,28,32H,6,9,12-13,15-16,18H2,1-2H3,(H,29,33). The van der Waals surface area contributed by atoms with Gasteiger partial charge in [-0.15, -0.1) is 0 Å². The highest BCUT2D eigenvalue weighted by atomic mass is 32.2. The number of sulfonamides is 1. The molecule has 4 rings (SSSR count). The van der Waals surface area contributed by atoms with Gasteiger partial charge in [0.1, 0.15) is 0 Å². The van der Waals surface area contributed by atoms with Crippen molar-refractivity contribution in [3.8, 4) is 5.88 Å². The number of carbonyl (C=O) groups excluding carboxylic acids is 1. The summed E-state index contributed by atoms with van der Waals surface area (Å²) in [4.78, 5) is 18.9. The maximum Gasteiger partial charge on any atom is 0.259 e. The van der Waals surface area contributed by atoms with Gasteiger partial charge in [0.2, 0.25) is 5.88 Å². The molecule has 38 heavy (non-hydrogen) atoms. The molecule has 3 atom stereocenters. The molecular formula is C26H35N5O6S. The Bertz CT molecular complexity index is 1220. The highest BCUT2D eigenvalue weighted by Gasteiger charge is 2.36. The van der Waals surface area contributed by atoms with E-state index < -0.39 is 28.1 Å². The lowest BCUT2D eigenvalue weighted by Crippen LogP contribution is -2.52. The first-order valence-electron chi connectivity index (χ1n) is 12.6. The van der Waals surface area contributed by atoms with Crippen molar-refractivity contribution in [3.05, 3.63) is 71.0 Å². The SMILES string of the molecule is COc1cc(C(=O)NC(Cc2ccccc2)C(O)CN(CC2CCCO2)S(=O)(=O)C2=CN(C)CN2)ccn1. The van der Waals surface area contributed by atoms with Crippen LogP contribution < -0.4 is 15.4 Å². The van der Waals surface area contributed by atoms with E-state index in [0.717, 1.165) is 18.4 Å². The number of ether oxygens (including phenoxy) is 2. The van der Waals surface area contributed by atoms with Crippen LogP contribution >= 0.6 is 0 Å². The van der Waals surface area contributed by atoms with E-state index in [1.807, 2.05) is 30.3 Å². The molecule has 206 valence electrons. The van der Waals surface area contributed by atoms with Crippen LogP contribution in [0.3, 0.4) is 0 Å². The fourth-order valence-electron chi connectivity index (χ4n) is 4.48. The second kappa shape index (κ2) is 12.6. The molecule has 2 aromatic rings. The number of hydrogen-bond acceptors (Lipinski definition) is 9. The third kappa shape index (κ3) is 7.01. The Labute approximate surface area is 223 Å². The molecule has 12 heteroatoms. The topological polar surface area (TPSA) is 133 Å². The van der Waals surface area contributed by atoms with Crippen molar-refractivity contribution in [2.24, 2.45) is 0 Å². The normalized spacial score (nSPS) is 19.1. The van der Waals surface area contributed by atoms with Crippen LogP contribution in [0.5, 0.6) is 5.88 Å². The zero-order valence-corrected chi connectivity index (χ0v) is 22.4. The highest BCUT2D eigenvalue weighted by Crippen LogP contribution is 2.21. The van der Waals surface area contributed by atoms with Crippen molar-refractivity contribution in [2.45, 2.75) is 37.5 Å². The number of amides is 1. The van der Waals surface area contributed by atoms with E-state index in [-0.39, 0.29) is 30.1 Å². The largest absolute Gasteiger partial charge is 0.481 e. The molecule has 0 bridgehead atoms. The Kier molecular flexibility index (Phi) is 9.21. The Morgan fingerprint density at radius 2 is 2.13 bits per heavy atom. The third-order valence-corrected chi connectivity index (χ3v) is 8.35. The van der Waals surface area contributed by atoms with E-state index >= 15 is 0 Å². The monoisotopic (exact) mass is 545 g/mol. The second-order valence-corrected chi connectivity index (χ2v) is 11.4. The van der Waals surface area contributed by atoms with Crippen LogP contribution in [0, 0.1) is 0 Å². The lowest BCUT2D eigenvalue weighted by Gasteiger charge is -2.31. The van der Waals surface area contributed by atoms with E-state index in [9.17, 15) is 18.3 Å². The number of pyridine rings is 1. The number of carbonyl (C=O) groups is 1. The number of aliphatic hydroxyl groups is 1. The van der Waals surface area contributed by atoms with E-state index in [1.165, 1.54) is 29.9 Å². The number of nitrogens with zero attached hydrogens (tertiary/aromatic N) is 3. The molecule has 1 aromatic carbocycles. The average molecular weight is 546 g/mol. The van der Waals surface area contributed by atoms with Crippen LogP contribution in [0.2, 0.25) is 0 Å². The van der Waals surface area contributed by atoms with Gasteiger partial charge in [-0.05, 0) is 30.9 Å². The summed E-state index contributed by atoms with van der Waals surface area (Å²) in [6.07, 6.45) is 3.42. The van der Waals surface area contributed by atoms with E-state index in [2.05, 4.69) is 15.6 Å². The molecule has 1 fully saturated rings. The molecule has 2 aliphatic rings. The summed E-state index contributed by atoms with van der Waals surface area (Å²) in [7, 11) is -0.716. The molecule has 3 unspecified atom stereocenters. The van der Waals surface area contributed by atoms with Gasteiger partial charge in [0, 0.05) is 50.8 Å². The maximum atomic E-state index is 13.6. The number of aliphatic hydroxyl groups excluding tert-OH is 1. The fourth-order valence-corrected chi connectivity index (χ4v) is 6.03. The van der Waals surface area contributed by atoms with Crippen LogP contribution in [-0.2, 0) is 21.2 Å². The lowest BCUT2D eigenvalue weighted by atomic mass is 10.0. The smallest absolute Gasteiger partial charge is 0.259 e. The van der Waals surface area contributed by atoms with Crippen LogP contribution in [0.25, 0.3) is 0 Å². The molecule has 3 heterocycles. The van der Waals surface area contributed by atoms with E-state index in [0.29, 0.717) is 25.3 Å². The van der Waals surface area contributed by atoms with Crippen molar-refractivity contribution in [1.29, 1.82) is 0 Å². The minimum atomic E-state index is -3.95. The summed E-state index contributed by atoms with van der Waals surface area (Å²) in [5.74, 6) is -0.144. The van der Waals surface area contributed by atoms with Crippen molar-refractivity contribution in [3.63, 3.8) is 0 Å². The van der Waals surface area contributed by atoms with Gasteiger partial charge in [-0.2, -0.15) is 4.31 Å². The van der Waals surface area contributed by atoms with Gasteiger partial charge in [-0.3, -0.25) is 4.79 Å². The van der Waals surface area contributed by atoms with Crippen LogP contribution in [0.1, 0.15) is 28.8 Å². The van der Waals surface area contributed by atoms with E-state index in [1.54, 1.807) is 18.0 Å². The first-order valence-corrected chi connectivity index (χ1v) is 14.0. The predicted molar refractivity (Wildman–Crippen MR) is 142 cm³/mol. The molecule has 11 nitrogen and oxygen atoms in total. The van der Waals surface area contributed by atoms with Crippen LogP contribution in [0.4, 0.5) is 0 Å². The third-order valence-electron chi connectivity index (χ3n) is 6.57. The first-order chi connectivity index (χ1) is 18.3. The van der Waals surface area contributed by atoms with Crippen molar-refractivity contribution in [2.75, 3.05) is 40.5 Å². The molecule has 2 aliphatic heterocycles. The Balaban J connectivity index is 1.58. The predicted octanol–water partition coefficient (Wildman–Crippen LogP) is 0.894. The maximum absolute atomic E-state index is 13.6. The van der Waals surface area contributed by atoms with Crippen molar-refractivity contribution < 1.29 is 27.8 Å². The molecule has 0 aliphatic carbocycles. The Morgan fingerprint density at radius 3 is 2.79 bits per heavy atom. The van der Waals surface area contributed by atoms with Gasteiger partial charge in [-0.25, -0.2) is 13.4 Å². The fraction of sp³-hybridized carbons (Fsp3) is 0.462. The number of methoxy groups -OCH3 is 1. The second-order valence-electron chi connectivity index (χ2n) is 9.47. The van der Waals surface area contributed by atoms with Gasteiger partial charge in [0.25, 0.3) is 15.9 Å². The Morgan fingerprint density at radius 1 is 1.34 bits per heavy atom. The highest BCUT2D eigenvalue weighted by molar-refractivity contribution is 7.92. The molecule has 1 aromatic heterocycles. The minimum Gasteiger partial charge on any atom is -0.481 e. The molecule has 1 saturated heterocycles. The molecule has 1 amide bonds. The van der Waals surface area contributed by atoms with Crippen molar-refractivity contribution >= 4 is 15.9 Å². The number of rotatable bonds is 12. The molecular weight excluding hydrogens is 510 g/mol. The zero-order chi connectivity index (χ0) is 27.1. The van der Waals surface area contributed by atoms with E-state index in [4.69, 9.17) is 9.47 Å². The van der Waals surface area contributed by atoms with Gasteiger partial charge >= 0.3 is 0 Å². The van der Waals surface area contributed by atoms with Gasteiger partial charge < -0.3 is 30.1 Å². The number of hydrogen-bond donors (Lipinski definition) is 3. The summed E-state index contributed by atoms with van der Waals surface area (Å²) in [6.45, 7) is 0.831. The molecule has 0 saturated carbocycles. The minimum absolute atomic E-state index is 0.0673. The summed E-state index contributed by atoms with van der Waals surface area (Å²) in [6, 6.07) is 11.7. The molecule has 0 spiro atoms. The number of nitrogens with one attached hydrogen (secondary N) is 2. The molecule has 0 radical (unpaired) electrons. The Hall–Kier alpha value is -3.19. The van der Waals surface area contributed by atoms with Crippen LogP contribution in [0.15, 0.2) is 59.9 Å². The average Bonchev–Trinajstić information content (AvgIpc) is 3.60. The molecule has 3 N–H and O–H groups in total. The quantitative estimate of drug-likeness (QED) is 0.356. The summed E-state index contributed by atoms with van der Waals surface area (Å²) in [5.41, 5.74) is 1.20. The summed E-state index contributed by atoms with van der Waals surface area (Å²) >= 11 is 0. The summed E-state index contributed by atoms with van der Waals surface area (Å²) < 4.78 is 39.3. The lowest BCUT2D eigenvalue weighted by molar-refractivity contribution is 0.0627.